The van der Waals surface area contributed by atoms with Crippen LogP contribution in [0.3, 0.4) is 0 Å². The first-order chi connectivity index (χ1) is 8.12. The van der Waals surface area contributed by atoms with Crippen LogP contribution in [-0.2, 0) is 22.5 Å². The third kappa shape index (κ3) is 3.45. The predicted octanol–water partition coefficient (Wildman–Crippen LogP) is 1.78. The van der Waals surface area contributed by atoms with Crippen LogP contribution in [0.1, 0.15) is 23.6 Å². The molecule has 0 aliphatic rings. The number of halogens is 1. The molecule has 0 bridgehead atoms. The molecule has 1 aromatic rings. The van der Waals surface area contributed by atoms with Crippen LogP contribution >= 0.6 is 11.6 Å². The number of nitriles is 1. The van der Waals surface area contributed by atoms with E-state index in [4.69, 9.17) is 27.3 Å². The molecular weight excluding hydrogens is 240 g/mol. The largest absolute Gasteiger partial charge is 0.466 e. The van der Waals surface area contributed by atoms with Gasteiger partial charge in [0.1, 0.15) is 6.07 Å². The highest BCUT2D eigenvalue weighted by molar-refractivity contribution is 6.32. The Balaban J connectivity index is 3.02. The second kappa shape index (κ2) is 6.24. The third-order valence-electron chi connectivity index (χ3n) is 2.20. The van der Waals surface area contributed by atoms with Gasteiger partial charge in [-0.15, -0.1) is 0 Å². The molecule has 2 N–H and O–H groups in total. The lowest BCUT2D eigenvalue weighted by Crippen LogP contribution is -2.09. The molecule has 0 unspecified atom stereocenters. The lowest BCUT2D eigenvalue weighted by molar-refractivity contribution is -0.142. The van der Waals surface area contributed by atoms with Crippen molar-refractivity contribution in [3.05, 3.63) is 33.8 Å². The summed E-state index contributed by atoms with van der Waals surface area (Å²) >= 11 is 5.96. The van der Waals surface area contributed by atoms with E-state index in [9.17, 15) is 4.79 Å². The van der Waals surface area contributed by atoms with E-state index >= 15 is 0 Å². The summed E-state index contributed by atoms with van der Waals surface area (Å²) < 4.78 is 4.84. The summed E-state index contributed by atoms with van der Waals surface area (Å²) in [6.07, 6.45) is 0.118. The van der Waals surface area contributed by atoms with Gasteiger partial charge in [0.15, 0.2) is 0 Å². The fourth-order valence-electron chi connectivity index (χ4n) is 1.46. The zero-order chi connectivity index (χ0) is 12.8. The molecular formula is C12H13ClN2O2. The third-order valence-corrected chi connectivity index (χ3v) is 2.65. The number of ether oxygens (including phenoxy) is 1. The first-order valence-electron chi connectivity index (χ1n) is 5.19. The van der Waals surface area contributed by atoms with E-state index in [0.29, 0.717) is 28.3 Å². The highest BCUT2D eigenvalue weighted by Gasteiger charge is 2.11. The molecule has 1 aromatic carbocycles. The summed E-state index contributed by atoms with van der Waals surface area (Å²) in [5, 5.41) is 9.26. The highest BCUT2D eigenvalue weighted by atomic mass is 35.5. The molecule has 17 heavy (non-hydrogen) atoms. The Morgan fingerprint density at radius 3 is 2.82 bits per heavy atom. The summed E-state index contributed by atoms with van der Waals surface area (Å²) in [6.45, 7) is 2.30. The number of nitrogens with zero attached hydrogens (tertiary/aromatic N) is 1. The summed E-state index contributed by atoms with van der Waals surface area (Å²) in [5.41, 5.74) is 7.19. The fourth-order valence-corrected chi connectivity index (χ4v) is 1.69. The first-order valence-corrected chi connectivity index (χ1v) is 5.57. The molecule has 0 saturated heterocycles. The van der Waals surface area contributed by atoms with Crippen molar-refractivity contribution in [2.75, 3.05) is 6.61 Å². The van der Waals surface area contributed by atoms with Crippen LogP contribution < -0.4 is 5.73 Å². The monoisotopic (exact) mass is 252 g/mol. The summed E-state index contributed by atoms with van der Waals surface area (Å²) in [6, 6.07) is 5.28. The maximum absolute atomic E-state index is 11.3. The van der Waals surface area contributed by atoms with E-state index < -0.39 is 0 Å². The van der Waals surface area contributed by atoms with E-state index in [0.717, 1.165) is 0 Å². The van der Waals surface area contributed by atoms with Crippen LogP contribution in [0.2, 0.25) is 5.02 Å². The Hall–Kier alpha value is -1.57. The molecule has 0 aliphatic heterocycles. The van der Waals surface area contributed by atoms with Crippen LogP contribution in [-0.4, -0.2) is 12.6 Å². The van der Waals surface area contributed by atoms with E-state index in [1.165, 1.54) is 0 Å². The molecule has 90 valence electrons. The Kier molecular flexibility index (Phi) is 4.95. The quantitative estimate of drug-likeness (QED) is 0.829. The van der Waals surface area contributed by atoms with E-state index in [1.807, 2.05) is 6.07 Å². The smallest absolute Gasteiger partial charge is 0.310 e. The highest BCUT2D eigenvalue weighted by Crippen LogP contribution is 2.23. The van der Waals surface area contributed by atoms with Gasteiger partial charge in [-0.1, -0.05) is 17.7 Å². The Labute approximate surface area is 105 Å². The molecule has 0 heterocycles. The van der Waals surface area contributed by atoms with Gasteiger partial charge in [0.05, 0.1) is 23.6 Å². The molecule has 0 aromatic heterocycles. The standard InChI is InChI=1S/C12H13ClN2O2/c1-2-17-11(16)5-8-3-9(6-14)12(13)10(4-8)7-15/h3-4H,2,5-6,14H2,1H3. The topological polar surface area (TPSA) is 76.1 Å². The molecule has 0 amide bonds. The number of nitrogens with two attached hydrogens (primary N) is 1. The van der Waals surface area contributed by atoms with E-state index in [1.54, 1.807) is 19.1 Å². The molecule has 5 heteroatoms. The molecule has 4 nitrogen and oxygen atoms in total. The van der Waals surface area contributed by atoms with E-state index in [2.05, 4.69) is 0 Å². The Morgan fingerprint density at radius 1 is 1.59 bits per heavy atom. The van der Waals surface area contributed by atoms with Crippen molar-refractivity contribution in [3.63, 3.8) is 0 Å². The van der Waals surface area contributed by atoms with Crippen molar-refractivity contribution in [1.82, 2.24) is 0 Å². The molecule has 0 aliphatic carbocycles. The summed E-state index contributed by atoms with van der Waals surface area (Å²) in [4.78, 5) is 11.3. The van der Waals surface area contributed by atoms with Gasteiger partial charge in [-0.2, -0.15) is 5.26 Å². The number of carbonyl (C=O) groups is 1. The zero-order valence-electron chi connectivity index (χ0n) is 9.50. The maximum atomic E-state index is 11.3. The van der Waals surface area contributed by atoms with Crippen molar-refractivity contribution in [1.29, 1.82) is 5.26 Å². The van der Waals surface area contributed by atoms with Crippen LogP contribution in [0.4, 0.5) is 0 Å². The van der Waals surface area contributed by atoms with Gasteiger partial charge in [-0.25, -0.2) is 0 Å². The van der Waals surface area contributed by atoms with Crippen LogP contribution in [0.25, 0.3) is 0 Å². The van der Waals surface area contributed by atoms with Gasteiger partial charge in [0.2, 0.25) is 0 Å². The lowest BCUT2D eigenvalue weighted by Gasteiger charge is -2.07. The lowest BCUT2D eigenvalue weighted by atomic mass is 10.0. The van der Waals surface area contributed by atoms with Crippen molar-refractivity contribution in [2.45, 2.75) is 19.9 Å². The minimum absolute atomic E-state index is 0.118. The van der Waals surface area contributed by atoms with Gasteiger partial charge < -0.3 is 10.5 Å². The van der Waals surface area contributed by atoms with Gasteiger partial charge in [-0.3, -0.25) is 4.79 Å². The first kappa shape index (κ1) is 13.5. The van der Waals surface area contributed by atoms with Crippen LogP contribution in [0, 0.1) is 11.3 Å². The van der Waals surface area contributed by atoms with Gasteiger partial charge >= 0.3 is 5.97 Å². The van der Waals surface area contributed by atoms with E-state index in [-0.39, 0.29) is 18.9 Å². The second-order valence-electron chi connectivity index (χ2n) is 3.41. The average molecular weight is 253 g/mol. The number of esters is 1. The van der Waals surface area contributed by atoms with Crippen molar-refractivity contribution in [2.24, 2.45) is 5.73 Å². The molecule has 0 fully saturated rings. The summed E-state index contributed by atoms with van der Waals surface area (Å²) in [7, 11) is 0. The molecule has 0 spiro atoms. The number of carbonyl (C=O) groups excluding carboxylic acids is 1. The van der Waals surface area contributed by atoms with Gasteiger partial charge in [0, 0.05) is 6.54 Å². The normalized spacial score (nSPS) is 9.76. The zero-order valence-corrected chi connectivity index (χ0v) is 10.3. The van der Waals surface area contributed by atoms with Gasteiger partial charge in [0.25, 0.3) is 0 Å². The van der Waals surface area contributed by atoms with Crippen LogP contribution in [0.5, 0.6) is 0 Å². The number of benzene rings is 1. The average Bonchev–Trinajstić information content (AvgIpc) is 2.31. The second-order valence-corrected chi connectivity index (χ2v) is 3.79. The molecule has 0 radical (unpaired) electrons. The molecule has 1 rings (SSSR count). The van der Waals surface area contributed by atoms with Crippen molar-refractivity contribution in [3.8, 4) is 6.07 Å². The fraction of sp³-hybridized carbons (Fsp3) is 0.333. The SMILES string of the molecule is CCOC(=O)Cc1cc(C#N)c(Cl)c(CN)c1. The Bertz CT molecular complexity index is 466. The number of hydrogen-bond acceptors (Lipinski definition) is 4. The predicted molar refractivity (Wildman–Crippen MR) is 64.4 cm³/mol. The minimum atomic E-state index is -0.332. The summed E-state index contributed by atoms with van der Waals surface area (Å²) in [5.74, 6) is -0.332. The van der Waals surface area contributed by atoms with Gasteiger partial charge in [-0.05, 0) is 24.1 Å². The molecule has 0 atom stereocenters. The molecule has 0 saturated carbocycles. The number of hydrogen-bond donors (Lipinski definition) is 1. The Morgan fingerprint density at radius 2 is 2.29 bits per heavy atom. The van der Waals surface area contributed by atoms with Crippen molar-refractivity contribution < 1.29 is 9.53 Å². The van der Waals surface area contributed by atoms with Crippen LogP contribution in [0.15, 0.2) is 12.1 Å². The number of rotatable bonds is 4. The minimum Gasteiger partial charge on any atom is -0.466 e. The maximum Gasteiger partial charge on any atom is 0.310 e. The van der Waals surface area contributed by atoms with Crippen molar-refractivity contribution >= 4 is 17.6 Å².